The molecule has 2 nitrogen and oxygen atoms in total. The van der Waals surface area contributed by atoms with E-state index in [0.717, 1.165) is 30.2 Å². The van der Waals surface area contributed by atoms with Crippen LogP contribution in [-0.2, 0) is 11.2 Å². The molecule has 1 aromatic carbocycles. The van der Waals surface area contributed by atoms with Gasteiger partial charge in [0, 0.05) is 4.47 Å². The smallest absolute Gasteiger partial charge is 0.306 e. The Labute approximate surface area is 117 Å². The van der Waals surface area contributed by atoms with Crippen LogP contribution in [0.4, 0.5) is 0 Å². The predicted octanol–water partition coefficient (Wildman–Crippen LogP) is 4.13. The lowest BCUT2D eigenvalue weighted by atomic mass is 9.72. The van der Waals surface area contributed by atoms with Gasteiger partial charge in [0.2, 0.25) is 0 Å². The van der Waals surface area contributed by atoms with E-state index in [9.17, 15) is 9.90 Å². The number of benzene rings is 1. The lowest BCUT2D eigenvalue weighted by Crippen LogP contribution is -2.31. The van der Waals surface area contributed by atoms with Gasteiger partial charge in [0.15, 0.2) is 0 Å². The maximum atomic E-state index is 11.3. The zero-order chi connectivity index (χ0) is 13.1. The third kappa shape index (κ3) is 3.35. The average Bonchev–Trinajstić information content (AvgIpc) is 2.32. The first-order valence-electron chi connectivity index (χ1n) is 6.53. The van der Waals surface area contributed by atoms with Crippen molar-refractivity contribution >= 4 is 21.9 Å². The highest BCUT2D eigenvalue weighted by Crippen LogP contribution is 2.36. The van der Waals surface area contributed by atoms with Crippen LogP contribution in [0.5, 0.6) is 0 Å². The lowest BCUT2D eigenvalue weighted by molar-refractivity contribution is -0.145. The van der Waals surface area contributed by atoms with E-state index in [1.165, 1.54) is 5.56 Å². The van der Waals surface area contributed by atoms with Gasteiger partial charge in [-0.3, -0.25) is 4.79 Å². The van der Waals surface area contributed by atoms with Crippen LogP contribution in [0.2, 0.25) is 0 Å². The molecule has 0 bridgehead atoms. The van der Waals surface area contributed by atoms with Crippen molar-refractivity contribution in [1.82, 2.24) is 0 Å². The third-order valence-corrected chi connectivity index (χ3v) is 4.50. The average molecular weight is 311 g/mol. The van der Waals surface area contributed by atoms with Gasteiger partial charge in [0.1, 0.15) is 0 Å². The molecule has 0 saturated heterocycles. The SMILES string of the molecule is CC1CCC(C(=O)O)C(Cc2ccc(Br)cc2)C1. The van der Waals surface area contributed by atoms with E-state index in [2.05, 4.69) is 35.0 Å². The molecule has 1 N–H and O–H groups in total. The number of carboxylic acid groups (broad SMARTS) is 1. The molecule has 3 heteroatoms. The quantitative estimate of drug-likeness (QED) is 0.911. The first kappa shape index (κ1) is 13.6. The zero-order valence-electron chi connectivity index (χ0n) is 10.6. The number of aliphatic carboxylic acids is 1. The highest BCUT2D eigenvalue weighted by molar-refractivity contribution is 9.10. The maximum Gasteiger partial charge on any atom is 0.306 e. The molecule has 1 aliphatic rings. The third-order valence-electron chi connectivity index (χ3n) is 3.97. The molecule has 1 aliphatic carbocycles. The molecule has 0 aromatic heterocycles. The minimum atomic E-state index is -0.621. The Morgan fingerprint density at radius 2 is 2.00 bits per heavy atom. The maximum absolute atomic E-state index is 11.3. The van der Waals surface area contributed by atoms with Gasteiger partial charge in [-0.05, 0) is 55.2 Å². The normalized spacial score (nSPS) is 28.0. The van der Waals surface area contributed by atoms with E-state index in [0.29, 0.717) is 5.92 Å². The highest BCUT2D eigenvalue weighted by Gasteiger charge is 2.33. The Hall–Kier alpha value is -0.830. The monoisotopic (exact) mass is 310 g/mol. The van der Waals surface area contributed by atoms with Crippen LogP contribution in [0.1, 0.15) is 31.7 Å². The Bertz CT molecular complexity index is 413. The van der Waals surface area contributed by atoms with E-state index in [1.54, 1.807) is 0 Å². The van der Waals surface area contributed by atoms with Crippen molar-refractivity contribution in [1.29, 1.82) is 0 Å². The molecule has 18 heavy (non-hydrogen) atoms. The summed E-state index contributed by atoms with van der Waals surface area (Å²) < 4.78 is 1.07. The number of hydrogen-bond acceptors (Lipinski definition) is 1. The summed E-state index contributed by atoms with van der Waals surface area (Å²) in [5.41, 5.74) is 1.24. The van der Waals surface area contributed by atoms with Crippen LogP contribution >= 0.6 is 15.9 Å². The van der Waals surface area contributed by atoms with Crippen LogP contribution in [0.15, 0.2) is 28.7 Å². The fourth-order valence-corrected chi connectivity index (χ4v) is 3.24. The second-order valence-corrected chi connectivity index (χ2v) is 6.37. The summed E-state index contributed by atoms with van der Waals surface area (Å²) in [6, 6.07) is 8.22. The molecule has 1 fully saturated rings. The second-order valence-electron chi connectivity index (χ2n) is 5.45. The summed E-state index contributed by atoms with van der Waals surface area (Å²) in [6.07, 6.45) is 3.80. The summed E-state index contributed by atoms with van der Waals surface area (Å²) >= 11 is 3.42. The van der Waals surface area contributed by atoms with Crippen molar-refractivity contribution in [3.8, 4) is 0 Å². The van der Waals surface area contributed by atoms with Crippen LogP contribution in [0, 0.1) is 17.8 Å². The van der Waals surface area contributed by atoms with E-state index in [-0.39, 0.29) is 11.8 Å². The Kier molecular flexibility index (Phi) is 4.44. The van der Waals surface area contributed by atoms with Gasteiger partial charge in [-0.15, -0.1) is 0 Å². The number of hydrogen-bond donors (Lipinski definition) is 1. The zero-order valence-corrected chi connectivity index (χ0v) is 12.2. The van der Waals surface area contributed by atoms with E-state index in [4.69, 9.17) is 0 Å². The topological polar surface area (TPSA) is 37.3 Å². The standard InChI is InChI=1S/C15H19BrO2/c1-10-2-7-14(15(17)18)12(8-10)9-11-3-5-13(16)6-4-11/h3-6,10,12,14H,2,7-9H2,1H3,(H,17,18). The first-order valence-corrected chi connectivity index (χ1v) is 7.33. The second kappa shape index (κ2) is 5.87. The molecule has 0 spiro atoms. The van der Waals surface area contributed by atoms with Crippen molar-refractivity contribution in [2.75, 3.05) is 0 Å². The molecule has 98 valence electrons. The number of carbonyl (C=O) groups is 1. The molecule has 3 atom stereocenters. The Balaban J connectivity index is 2.08. The molecule has 0 radical (unpaired) electrons. The van der Waals surface area contributed by atoms with Gasteiger partial charge in [0.25, 0.3) is 0 Å². The predicted molar refractivity (Wildman–Crippen MR) is 75.5 cm³/mol. The van der Waals surface area contributed by atoms with Gasteiger partial charge in [0.05, 0.1) is 5.92 Å². The lowest BCUT2D eigenvalue weighted by Gasteiger charge is -2.32. The van der Waals surface area contributed by atoms with Crippen molar-refractivity contribution in [3.63, 3.8) is 0 Å². The molecule has 1 aromatic rings. The molecule has 0 amide bonds. The first-order chi connectivity index (χ1) is 8.56. The van der Waals surface area contributed by atoms with Crippen LogP contribution < -0.4 is 0 Å². The van der Waals surface area contributed by atoms with Crippen LogP contribution in [0.3, 0.4) is 0 Å². The van der Waals surface area contributed by atoms with E-state index >= 15 is 0 Å². The van der Waals surface area contributed by atoms with E-state index in [1.807, 2.05) is 12.1 Å². The number of halogens is 1. The Morgan fingerprint density at radius 1 is 1.33 bits per heavy atom. The van der Waals surface area contributed by atoms with Gasteiger partial charge < -0.3 is 5.11 Å². The minimum absolute atomic E-state index is 0.162. The largest absolute Gasteiger partial charge is 0.481 e. The molecular formula is C15H19BrO2. The molecule has 1 saturated carbocycles. The number of rotatable bonds is 3. The highest BCUT2D eigenvalue weighted by atomic mass is 79.9. The number of carboxylic acids is 1. The van der Waals surface area contributed by atoms with Crippen molar-refractivity contribution in [3.05, 3.63) is 34.3 Å². The molecular weight excluding hydrogens is 292 g/mol. The van der Waals surface area contributed by atoms with Gasteiger partial charge in [-0.2, -0.15) is 0 Å². The molecule has 3 unspecified atom stereocenters. The molecule has 0 heterocycles. The summed E-state index contributed by atoms with van der Waals surface area (Å²) in [5.74, 6) is 0.155. The summed E-state index contributed by atoms with van der Waals surface area (Å²) in [6.45, 7) is 2.23. The van der Waals surface area contributed by atoms with Crippen molar-refractivity contribution in [2.24, 2.45) is 17.8 Å². The molecule has 0 aliphatic heterocycles. The Morgan fingerprint density at radius 3 is 2.61 bits per heavy atom. The van der Waals surface area contributed by atoms with Gasteiger partial charge in [-0.1, -0.05) is 35.0 Å². The fraction of sp³-hybridized carbons (Fsp3) is 0.533. The van der Waals surface area contributed by atoms with E-state index < -0.39 is 5.97 Å². The minimum Gasteiger partial charge on any atom is -0.481 e. The van der Waals surface area contributed by atoms with Gasteiger partial charge >= 0.3 is 5.97 Å². The van der Waals surface area contributed by atoms with Gasteiger partial charge in [-0.25, -0.2) is 0 Å². The summed E-state index contributed by atoms with van der Waals surface area (Å²) in [7, 11) is 0. The van der Waals surface area contributed by atoms with Crippen LogP contribution in [-0.4, -0.2) is 11.1 Å². The molecule has 2 rings (SSSR count). The van der Waals surface area contributed by atoms with Crippen LogP contribution in [0.25, 0.3) is 0 Å². The summed E-state index contributed by atoms with van der Waals surface area (Å²) in [5, 5.41) is 9.31. The van der Waals surface area contributed by atoms with Crippen molar-refractivity contribution in [2.45, 2.75) is 32.6 Å². The fourth-order valence-electron chi connectivity index (χ4n) is 2.97. The van der Waals surface area contributed by atoms with Crippen molar-refractivity contribution < 1.29 is 9.90 Å². The summed E-state index contributed by atoms with van der Waals surface area (Å²) in [4.78, 5) is 11.3.